The summed E-state index contributed by atoms with van der Waals surface area (Å²) in [5, 5.41) is 5.33. The molecule has 0 fully saturated rings. The Bertz CT molecular complexity index is 810. The first-order valence-corrected chi connectivity index (χ1v) is 9.03. The molecule has 7 heteroatoms. The molecule has 0 spiro atoms. The van der Waals surface area contributed by atoms with Crippen molar-refractivity contribution < 1.29 is 23.5 Å². The second kappa shape index (κ2) is 10.3. The maximum absolute atomic E-state index is 13.8. The molecule has 0 bridgehead atoms. The Labute approximate surface area is 164 Å². The summed E-state index contributed by atoms with van der Waals surface area (Å²) in [7, 11) is 1.55. The molecule has 2 aromatic rings. The second-order valence-electron chi connectivity index (χ2n) is 6.47. The van der Waals surface area contributed by atoms with Crippen LogP contribution in [-0.4, -0.2) is 38.1 Å². The minimum atomic E-state index is -0.793. The highest BCUT2D eigenvalue weighted by Crippen LogP contribution is 2.25. The van der Waals surface area contributed by atoms with Crippen LogP contribution in [-0.2, 0) is 4.79 Å². The molecule has 0 heterocycles. The molecule has 6 nitrogen and oxygen atoms in total. The van der Waals surface area contributed by atoms with E-state index in [1.807, 2.05) is 12.1 Å². The van der Waals surface area contributed by atoms with Gasteiger partial charge in [-0.05, 0) is 30.2 Å². The van der Waals surface area contributed by atoms with E-state index in [-0.39, 0.29) is 30.5 Å². The van der Waals surface area contributed by atoms with E-state index >= 15 is 0 Å². The van der Waals surface area contributed by atoms with Crippen molar-refractivity contribution in [1.29, 1.82) is 0 Å². The molecule has 2 N–H and O–H groups in total. The molecular weight excluding hydrogens is 363 g/mol. The number of hydrogen-bond acceptors (Lipinski definition) is 4. The number of para-hydroxylation sites is 2. The summed E-state index contributed by atoms with van der Waals surface area (Å²) < 4.78 is 24.6. The van der Waals surface area contributed by atoms with E-state index in [1.54, 1.807) is 39.2 Å². The van der Waals surface area contributed by atoms with Crippen LogP contribution in [0.4, 0.5) is 4.39 Å². The van der Waals surface area contributed by atoms with Crippen LogP contribution in [0.25, 0.3) is 0 Å². The maximum Gasteiger partial charge on any atom is 0.254 e. The van der Waals surface area contributed by atoms with Crippen molar-refractivity contribution in [3.63, 3.8) is 0 Å². The summed E-state index contributed by atoms with van der Waals surface area (Å²) in [4.78, 5) is 24.8. The lowest BCUT2D eigenvalue weighted by Crippen LogP contribution is -2.50. The normalized spacial score (nSPS) is 11.6. The number of nitrogens with one attached hydrogen (secondary N) is 2. The van der Waals surface area contributed by atoms with E-state index in [2.05, 4.69) is 10.6 Å². The van der Waals surface area contributed by atoms with Gasteiger partial charge in [-0.25, -0.2) is 4.39 Å². The summed E-state index contributed by atoms with van der Waals surface area (Å²) in [5.74, 6) is -0.613. The van der Waals surface area contributed by atoms with Crippen LogP contribution in [0.15, 0.2) is 48.5 Å². The summed E-state index contributed by atoms with van der Waals surface area (Å²) in [6, 6.07) is 12.1. The van der Waals surface area contributed by atoms with E-state index in [4.69, 9.17) is 9.47 Å². The fourth-order valence-electron chi connectivity index (χ4n) is 2.58. The first-order chi connectivity index (χ1) is 13.4. The summed E-state index contributed by atoms with van der Waals surface area (Å²) >= 11 is 0. The zero-order chi connectivity index (χ0) is 20.5. The Morgan fingerprint density at radius 1 is 1.04 bits per heavy atom. The van der Waals surface area contributed by atoms with Gasteiger partial charge in [0.05, 0.1) is 19.2 Å². The summed E-state index contributed by atoms with van der Waals surface area (Å²) in [6.45, 7) is 4.09. The number of benzene rings is 2. The van der Waals surface area contributed by atoms with Crippen molar-refractivity contribution in [3.8, 4) is 11.5 Å². The standard InChI is InChI=1S/C21H25FN2O4/c1-14(2)19(24-20(25)15-8-4-5-9-16(15)22)21(26)23-12-13-28-18-11-7-6-10-17(18)27-3/h4-11,14,19H,12-13H2,1-3H3,(H,23,26)(H,24,25)/t19-/m0/s1. The predicted octanol–water partition coefficient (Wildman–Crippen LogP) is 2.78. The van der Waals surface area contributed by atoms with Gasteiger partial charge in [0, 0.05) is 0 Å². The smallest absolute Gasteiger partial charge is 0.254 e. The largest absolute Gasteiger partial charge is 0.493 e. The van der Waals surface area contributed by atoms with Crippen LogP contribution < -0.4 is 20.1 Å². The Hall–Kier alpha value is -3.09. The molecular formula is C21H25FN2O4. The Morgan fingerprint density at radius 2 is 1.68 bits per heavy atom. The van der Waals surface area contributed by atoms with Gasteiger partial charge >= 0.3 is 0 Å². The first kappa shape index (κ1) is 21.2. The van der Waals surface area contributed by atoms with Crippen LogP contribution in [0.1, 0.15) is 24.2 Å². The van der Waals surface area contributed by atoms with E-state index in [1.165, 1.54) is 18.2 Å². The Balaban J connectivity index is 1.89. The van der Waals surface area contributed by atoms with Gasteiger partial charge in [0.15, 0.2) is 11.5 Å². The van der Waals surface area contributed by atoms with E-state index < -0.39 is 17.8 Å². The SMILES string of the molecule is COc1ccccc1OCCNC(=O)[C@@H](NC(=O)c1ccccc1F)C(C)C. The molecule has 2 amide bonds. The average Bonchev–Trinajstić information content (AvgIpc) is 2.69. The highest BCUT2D eigenvalue weighted by Gasteiger charge is 2.25. The van der Waals surface area contributed by atoms with Crippen LogP contribution in [0.3, 0.4) is 0 Å². The van der Waals surface area contributed by atoms with Crippen LogP contribution in [0, 0.1) is 11.7 Å². The molecule has 0 aliphatic rings. The topological polar surface area (TPSA) is 76.7 Å². The molecule has 28 heavy (non-hydrogen) atoms. The minimum absolute atomic E-state index is 0.0968. The lowest BCUT2D eigenvalue weighted by Gasteiger charge is -2.22. The third kappa shape index (κ3) is 5.70. The van der Waals surface area contributed by atoms with Crippen LogP contribution in [0.5, 0.6) is 11.5 Å². The van der Waals surface area contributed by atoms with E-state index in [0.717, 1.165) is 0 Å². The van der Waals surface area contributed by atoms with Gasteiger partial charge in [0.25, 0.3) is 5.91 Å². The Morgan fingerprint density at radius 3 is 2.32 bits per heavy atom. The highest BCUT2D eigenvalue weighted by molar-refractivity contribution is 5.97. The minimum Gasteiger partial charge on any atom is -0.493 e. The third-order valence-corrected chi connectivity index (χ3v) is 4.08. The predicted molar refractivity (Wildman–Crippen MR) is 104 cm³/mol. The molecule has 0 saturated heterocycles. The van der Waals surface area contributed by atoms with Gasteiger partial charge in [-0.1, -0.05) is 38.1 Å². The molecule has 0 unspecified atom stereocenters. The summed E-state index contributed by atoms with van der Waals surface area (Å²) in [6.07, 6.45) is 0. The molecule has 0 radical (unpaired) electrons. The van der Waals surface area contributed by atoms with Crippen LogP contribution >= 0.6 is 0 Å². The number of halogens is 1. The number of hydrogen-bond donors (Lipinski definition) is 2. The molecule has 0 aliphatic heterocycles. The quantitative estimate of drug-likeness (QED) is 0.648. The Kier molecular flexibility index (Phi) is 7.80. The number of ether oxygens (including phenoxy) is 2. The van der Waals surface area contributed by atoms with Crippen molar-refractivity contribution in [2.24, 2.45) is 5.92 Å². The average molecular weight is 388 g/mol. The number of rotatable bonds is 9. The van der Waals surface area contributed by atoms with Crippen molar-refractivity contribution in [2.75, 3.05) is 20.3 Å². The van der Waals surface area contributed by atoms with Gasteiger partial charge in [-0.3, -0.25) is 9.59 Å². The lowest BCUT2D eigenvalue weighted by molar-refractivity contribution is -0.124. The summed E-state index contributed by atoms with van der Waals surface area (Å²) in [5.41, 5.74) is -0.0968. The highest BCUT2D eigenvalue weighted by atomic mass is 19.1. The zero-order valence-corrected chi connectivity index (χ0v) is 16.2. The second-order valence-corrected chi connectivity index (χ2v) is 6.47. The molecule has 1 atom stereocenters. The molecule has 2 rings (SSSR count). The van der Waals surface area contributed by atoms with Gasteiger partial charge in [-0.15, -0.1) is 0 Å². The first-order valence-electron chi connectivity index (χ1n) is 9.03. The van der Waals surface area contributed by atoms with E-state index in [9.17, 15) is 14.0 Å². The van der Waals surface area contributed by atoms with Crippen molar-refractivity contribution in [2.45, 2.75) is 19.9 Å². The van der Waals surface area contributed by atoms with Crippen LogP contribution in [0.2, 0.25) is 0 Å². The third-order valence-electron chi connectivity index (χ3n) is 4.08. The van der Waals surface area contributed by atoms with Crippen molar-refractivity contribution in [1.82, 2.24) is 10.6 Å². The van der Waals surface area contributed by atoms with Gasteiger partial charge in [0.2, 0.25) is 5.91 Å². The fourth-order valence-corrected chi connectivity index (χ4v) is 2.58. The maximum atomic E-state index is 13.8. The van der Waals surface area contributed by atoms with Crippen molar-refractivity contribution in [3.05, 3.63) is 59.9 Å². The molecule has 0 saturated carbocycles. The zero-order valence-electron chi connectivity index (χ0n) is 16.2. The monoisotopic (exact) mass is 388 g/mol. The lowest BCUT2D eigenvalue weighted by atomic mass is 10.0. The number of carbonyl (C=O) groups is 2. The number of methoxy groups -OCH3 is 1. The van der Waals surface area contributed by atoms with Gasteiger partial charge < -0.3 is 20.1 Å². The van der Waals surface area contributed by atoms with Crippen molar-refractivity contribution >= 4 is 11.8 Å². The molecule has 0 aliphatic carbocycles. The molecule has 0 aromatic heterocycles. The van der Waals surface area contributed by atoms with E-state index in [0.29, 0.717) is 11.5 Å². The molecule has 150 valence electrons. The molecule has 2 aromatic carbocycles. The fraction of sp³-hybridized carbons (Fsp3) is 0.333. The number of amides is 2. The number of carbonyl (C=O) groups excluding carboxylic acids is 2. The van der Waals surface area contributed by atoms with Gasteiger partial charge in [-0.2, -0.15) is 0 Å². The van der Waals surface area contributed by atoms with Gasteiger partial charge in [0.1, 0.15) is 18.5 Å².